The normalized spacial score (nSPS) is 11.9. The number of nitrogens with zero attached hydrogens (tertiary/aromatic N) is 1. The van der Waals surface area contributed by atoms with Crippen molar-refractivity contribution in [2.45, 2.75) is 24.5 Å². The number of hydrogen-bond acceptors (Lipinski definition) is 7. The Labute approximate surface area is 201 Å². The molecule has 0 radical (unpaired) electrons. The molecule has 0 atom stereocenters. The molecule has 0 fully saturated rings. The number of benzene rings is 3. The zero-order valence-corrected chi connectivity index (χ0v) is 20.1. The highest BCUT2D eigenvalue weighted by atomic mass is 32.2. The Morgan fingerprint density at radius 3 is 2.31 bits per heavy atom. The van der Waals surface area contributed by atoms with Gasteiger partial charge in [-0.2, -0.15) is 0 Å². The van der Waals surface area contributed by atoms with Crippen molar-refractivity contribution in [2.24, 2.45) is 0 Å². The van der Waals surface area contributed by atoms with Crippen LogP contribution in [0.5, 0.6) is 0 Å². The maximum atomic E-state index is 13.4. The van der Waals surface area contributed by atoms with Gasteiger partial charge in [0.2, 0.25) is 0 Å². The van der Waals surface area contributed by atoms with E-state index in [2.05, 4.69) is 4.90 Å². The fourth-order valence-electron chi connectivity index (χ4n) is 4.44. The lowest BCUT2D eigenvalue weighted by Gasteiger charge is -2.21. The second-order valence-electron chi connectivity index (χ2n) is 8.31. The molecule has 0 saturated heterocycles. The van der Waals surface area contributed by atoms with E-state index in [0.29, 0.717) is 27.3 Å². The Bertz CT molecular complexity index is 1810. The van der Waals surface area contributed by atoms with Gasteiger partial charge in [0.05, 0.1) is 5.75 Å². The van der Waals surface area contributed by atoms with Gasteiger partial charge in [0.25, 0.3) is 0 Å². The molecule has 0 aliphatic heterocycles. The molecule has 0 bridgehead atoms. The van der Waals surface area contributed by atoms with Gasteiger partial charge in [0, 0.05) is 47.1 Å². The van der Waals surface area contributed by atoms with Crippen molar-refractivity contribution in [3.8, 4) is 0 Å². The number of hydrogen-bond donors (Lipinski definition) is 0. The lowest BCUT2D eigenvalue weighted by molar-refractivity contribution is 0.532. The van der Waals surface area contributed by atoms with Gasteiger partial charge in [-0.15, -0.1) is 0 Å². The maximum absolute atomic E-state index is 13.4. The minimum atomic E-state index is -4.13. The average Bonchev–Trinajstić information content (AvgIpc) is 2.83. The summed E-state index contributed by atoms with van der Waals surface area (Å²) in [5.41, 5.74) is 0.181. The summed E-state index contributed by atoms with van der Waals surface area (Å²) in [7, 11) is -4.13. The zero-order chi connectivity index (χ0) is 24.7. The fraction of sp³-hybridized carbons (Fsp3) is 0.185. The minimum absolute atomic E-state index is 0.262. The van der Waals surface area contributed by atoms with Crippen molar-refractivity contribution in [3.05, 3.63) is 93.1 Å². The highest BCUT2D eigenvalue weighted by Gasteiger charge is 2.24. The van der Waals surface area contributed by atoms with Crippen LogP contribution < -0.4 is 16.2 Å². The van der Waals surface area contributed by atoms with Gasteiger partial charge in [-0.05, 0) is 43.0 Å². The van der Waals surface area contributed by atoms with E-state index in [1.807, 2.05) is 50.2 Å². The summed E-state index contributed by atoms with van der Waals surface area (Å²) in [4.78, 5) is 26.7. The second kappa shape index (κ2) is 8.70. The highest BCUT2D eigenvalue weighted by Crippen LogP contribution is 2.29. The molecule has 2 aromatic heterocycles. The first-order chi connectivity index (χ1) is 16.8. The molecule has 0 unspecified atom stereocenters. The van der Waals surface area contributed by atoms with Gasteiger partial charge in [-0.3, -0.25) is 0 Å². The third kappa shape index (κ3) is 4.10. The Kier molecular flexibility index (Phi) is 5.68. The standard InChI is InChI=1S/C27H23NO6S/c1-3-28(4-2)20-11-9-18-13-24(27(30)33-23(18)15-20)35(31,32)16-19-14-25(29)34-26-21-8-6-5-7-17(21)10-12-22(19)26/h5-15H,3-4,16H2,1-2H3. The topological polar surface area (TPSA) is 97.8 Å². The molecular formula is C27H23NO6S. The lowest BCUT2D eigenvalue weighted by atomic mass is 10.0. The molecule has 0 N–H and O–H groups in total. The van der Waals surface area contributed by atoms with E-state index < -0.39 is 31.7 Å². The quantitative estimate of drug-likeness (QED) is 0.248. The Hall–Kier alpha value is -3.91. The predicted octanol–water partition coefficient (Wildman–Crippen LogP) is 4.87. The van der Waals surface area contributed by atoms with Gasteiger partial charge in [0.1, 0.15) is 11.2 Å². The number of sulfone groups is 1. The van der Waals surface area contributed by atoms with Crippen molar-refractivity contribution in [2.75, 3.05) is 18.0 Å². The maximum Gasteiger partial charge on any atom is 0.355 e. The van der Waals surface area contributed by atoms with Crippen LogP contribution in [0.15, 0.2) is 90.0 Å². The Balaban J connectivity index is 1.61. The summed E-state index contributed by atoms with van der Waals surface area (Å²) in [6.45, 7) is 5.62. The van der Waals surface area contributed by atoms with Gasteiger partial charge >= 0.3 is 11.3 Å². The summed E-state index contributed by atoms with van der Waals surface area (Å²) in [5.74, 6) is -0.540. The first-order valence-corrected chi connectivity index (χ1v) is 13.0. The zero-order valence-electron chi connectivity index (χ0n) is 19.3. The molecular weight excluding hydrogens is 466 g/mol. The van der Waals surface area contributed by atoms with Crippen LogP contribution in [0.3, 0.4) is 0 Å². The summed E-state index contributed by atoms with van der Waals surface area (Å²) in [5, 5.41) is 2.57. The smallest absolute Gasteiger partial charge is 0.355 e. The fourth-order valence-corrected chi connectivity index (χ4v) is 5.85. The van der Waals surface area contributed by atoms with E-state index in [-0.39, 0.29) is 5.56 Å². The van der Waals surface area contributed by atoms with Crippen molar-refractivity contribution in [1.82, 2.24) is 0 Å². The molecule has 0 saturated carbocycles. The molecule has 3 aromatic carbocycles. The molecule has 5 aromatic rings. The number of anilines is 1. The first-order valence-electron chi connectivity index (χ1n) is 11.3. The van der Waals surface area contributed by atoms with Crippen LogP contribution in [0.4, 0.5) is 5.69 Å². The van der Waals surface area contributed by atoms with Crippen LogP contribution in [0.1, 0.15) is 19.4 Å². The van der Waals surface area contributed by atoms with Gasteiger partial charge < -0.3 is 13.7 Å². The number of fused-ring (bicyclic) bond motifs is 4. The molecule has 5 rings (SSSR count). The molecule has 0 amide bonds. The SMILES string of the molecule is CCN(CC)c1ccc2cc(S(=O)(=O)Cc3cc(=O)oc4c3ccc3ccccc34)c(=O)oc2c1. The van der Waals surface area contributed by atoms with Gasteiger partial charge in [0.15, 0.2) is 14.7 Å². The Morgan fingerprint density at radius 2 is 1.54 bits per heavy atom. The molecule has 0 aliphatic carbocycles. The summed E-state index contributed by atoms with van der Waals surface area (Å²) < 4.78 is 37.6. The molecule has 178 valence electrons. The predicted molar refractivity (Wildman–Crippen MR) is 137 cm³/mol. The third-order valence-electron chi connectivity index (χ3n) is 6.22. The van der Waals surface area contributed by atoms with Gasteiger partial charge in [-0.1, -0.05) is 36.4 Å². The molecule has 8 heteroatoms. The monoisotopic (exact) mass is 489 g/mol. The average molecular weight is 490 g/mol. The van der Waals surface area contributed by atoms with Crippen molar-refractivity contribution < 1.29 is 17.3 Å². The van der Waals surface area contributed by atoms with Crippen LogP contribution in [-0.2, 0) is 15.6 Å². The van der Waals surface area contributed by atoms with E-state index in [0.717, 1.165) is 30.2 Å². The van der Waals surface area contributed by atoms with Gasteiger partial charge in [-0.25, -0.2) is 18.0 Å². The van der Waals surface area contributed by atoms with E-state index in [1.54, 1.807) is 18.2 Å². The summed E-state index contributed by atoms with van der Waals surface area (Å²) >= 11 is 0. The largest absolute Gasteiger partial charge is 0.422 e. The van der Waals surface area contributed by atoms with Crippen LogP contribution in [0.2, 0.25) is 0 Å². The Morgan fingerprint density at radius 1 is 0.800 bits per heavy atom. The number of rotatable bonds is 6. The molecule has 35 heavy (non-hydrogen) atoms. The van der Waals surface area contributed by atoms with Crippen LogP contribution >= 0.6 is 0 Å². The molecule has 0 spiro atoms. The van der Waals surface area contributed by atoms with E-state index in [9.17, 15) is 18.0 Å². The van der Waals surface area contributed by atoms with E-state index in [1.165, 1.54) is 6.07 Å². The van der Waals surface area contributed by atoms with Crippen molar-refractivity contribution in [3.63, 3.8) is 0 Å². The second-order valence-corrected chi connectivity index (χ2v) is 10.3. The van der Waals surface area contributed by atoms with Crippen LogP contribution in [-0.4, -0.2) is 21.5 Å². The van der Waals surface area contributed by atoms with Crippen molar-refractivity contribution in [1.29, 1.82) is 0 Å². The third-order valence-corrected chi connectivity index (χ3v) is 7.86. The summed E-state index contributed by atoms with van der Waals surface area (Å²) in [6.07, 6.45) is 0. The van der Waals surface area contributed by atoms with E-state index in [4.69, 9.17) is 8.83 Å². The lowest BCUT2D eigenvalue weighted by Crippen LogP contribution is -2.21. The molecule has 2 heterocycles. The highest BCUT2D eigenvalue weighted by molar-refractivity contribution is 7.90. The van der Waals surface area contributed by atoms with Crippen LogP contribution in [0, 0.1) is 0 Å². The first kappa shape index (κ1) is 22.9. The van der Waals surface area contributed by atoms with E-state index >= 15 is 0 Å². The molecule has 7 nitrogen and oxygen atoms in total. The minimum Gasteiger partial charge on any atom is -0.422 e. The van der Waals surface area contributed by atoms with Crippen LogP contribution in [0.25, 0.3) is 32.7 Å². The summed E-state index contributed by atoms with van der Waals surface area (Å²) in [6, 6.07) is 18.8. The molecule has 0 aliphatic rings. The van der Waals surface area contributed by atoms with Crippen molar-refractivity contribution >= 4 is 48.2 Å².